The third-order valence-corrected chi connectivity index (χ3v) is 7.85. The second kappa shape index (κ2) is 4.85. The van der Waals surface area contributed by atoms with Crippen molar-refractivity contribution in [3.8, 4) is 0 Å². The van der Waals surface area contributed by atoms with Gasteiger partial charge in [-0.25, -0.2) is 8.42 Å². The highest BCUT2D eigenvalue weighted by atomic mass is 79.9. The lowest BCUT2D eigenvalue weighted by atomic mass is 10.4. The van der Waals surface area contributed by atoms with Gasteiger partial charge in [-0.05, 0) is 28.4 Å². The van der Waals surface area contributed by atoms with Crippen LogP contribution in [0.15, 0.2) is 14.1 Å². The first-order valence-corrected chi connectivity index (χ1v) is 8.84. The summed E-state index contributed by atoms with van der Waals surface area (Å²) in [4.78, 5) is 0.251. The second-order valence-electron chi connectivity index (χ2n) is 3.44. The van der Waals surface area contributed by atoms with Gasteiger partial charge in [-0.15, -0.1) is 11.3 Å². The van der Waals surface area contributed by atoms with Crippen LogP contribution < -0.4 is 0 Å². The molecule has 0 aliphatic carbocycles. The van der Waals surface area contributed by atoms with Gasteiger partial charge < -0.3 is 0 Å². The quantitative estimate of drug-likeness (QED) is 0.703. The number of halogens is 3. The van der Waals surface area contributed by atoms with Gasteiger partial charge >= 0.3 is 0 Å². The van der Waals surface area contributed by atoms with Gasteiger partial charge in [-0.2, -0.15) is 4.31 Å². The first kappa shape index (κ1) is 13.3. The molecular formula is C8H8Br2ClNO2S2. The van der Waals surface area contributed by atoms with Gasteiger partial charge in [0.1, 0.15) is 4.21 Å². The smallest absolute Gasteiger partial charge is 0.206 e. The Morgan fingerprint density at radius 1 is 1.56 bits per heavy atom. The largest absolute Gasteiger partial charge is 0.252 e. The van der Waals surface area contributed by atoms with E-state index in [1.54, 1.807) is 0 Å². The zero-order valence-corrected chi connectivity index (χ0v) is 13.6. The molecule has 1 aromatic heterocycles. The molecular weight excluding hydrogens is 401 g/mol. The highest BCUT2D eigenvalue weighted by Crippen LogP contribution is 2.37. The maximum Gasteiger partial charge on any atom is 0.252 e. The summed E-state index contributed by atoms with van der Waals surface area (Å²) >= 11 is 13.6. The van der Waals surface area contributed by atoms with Crippen molar-refractivity contribution < 1.29 is 8.42 Å². The summed E-state index contributed by atoms with van der Waals surface area (Å²) in [5, 5.41) is 0.443. The Hall–Kier alpha value is 0.860. The summed E-state index contributed by atoms with van der Waals surface area (Å²) in [6, 6.07) is 1.49. The first-order chi connectivity index (χ1) is 7.41. The molecule has 8 heteroatoms. The minimum Gasteiger partial charge on any atom is -0.206 e. The minimum atomic E-state index is -3.37. The van der Waals surface area contributed by atoms with Crippen molar-refractivity contribution in [1.29, 1.82) is 0 Å². The van der Waals surface area contributed by atoms with Crippen molar-refractivity contribution in [2.75, 3.05) is 13.1 Å². The zero-order valence-electron chi connectivity index (χ0n) is 7.99. The number of nitrogens with zero attached hydrogens (tertiary/aromatic N) is 1. The van der Waals surface area contributed by atoms with E-state index in [2.05, 4.69) is 31.9 Å². The molecule has 1 aliphatic rings. The number of thiophene rings is 1. The van der Waals surface area contributed by atoms with Crippen LogP contribution in [0.4, 0.5) is 0 Å². The summed E-state index contributed by atoms with van der Waals surface area (Å²) in [5.41, 5.74) is 0. The van der Waals surface area contributed by atoms with E-state index in [1.807, 2.05) is 0 Å². The molecule has 1 aliphatic heterocycles. The lowest BCUT2D eigenvalue weighted by molar-refractivity contribution is 0.480. The number of hydrogen-bond acceptors (Lipinski definition) is 3. The van der Waals surface area contributed by atoms with Gasteiger partial charge in [0.15, 0.2) is 0 Å². The zero-order chi connectivity index (χ0) is 11.9. The van der Waals surface area contributed by atoms with E-state index in [-0.39, 0.29) is 4.83 Å². The Kier molecular flexibility index (Phi) is 4.03. The average molecular weight is 410 g/mol. The molecule has 3 nitrogen and oxygen atoms in total. The molecule has 0 spiro atoms. The van der Waals surface area contributed by atoms with Crippen LogP contribution >= 0.6 is 54.8 Å². The van der Waals surface area contributed by atoms with Crippen LogP contribution in [0.2, 0.25) is 5.02 Å². The van der Waals surface area contributed by atoms with Gasteiger partial charge in [0, 0.05) is 17.9 Å². The highest BCUT2D eigenvalue weighted by Gasteiger charge is 2.32. The summed E-state index contributed by atoms with van der Waals surface area (Å²) in [7, 11) is -3.37. The number of sulfonamides is 1. The topological polar surface area (TPSA) is 37.4 Å². The van der Waals surface area contributed by atoms with Crippen LogP contribution in [0, 0.1) is 0 Å². The molecule has 0 aromatic carbocycles. The van der Waals surface area contributed by atoms with Gasteiger partial charge in [0.25, 0.3) is 10.0 Å². The molecule has 90 valence electrons. The SMILES string of the molecule is O=S(=O)(c1cc(Cl)c(Br)s1)N1CCC(Br)C1. The van der Waals surface area contributed by atoms with E-state index in [9.17, 15) is 8.42 Å². The van der Waals surface area contributed by atoms with Crippen LogP contribution in [-0.2, 0) is 10.0 Å². The second-order valence-corrected chi connectivity index (χ2v) is 9.67. The summed E-state index contributed by atoms with van der Waals surface area (Å²) in [6.45, 7) is 1.08. The van der Waals surface area contributed by atoms with E-state index >= 15 is 0 Å². The molecule has 0 bridgehead atoms. The van der Waals surface area contributed by atoms with E-state index in [0.717, 1.165) is 17.8 Å². The molecule has 1 saturated heterocycles. The predicted molar refractivity (Wildman–Crippen MR) is 73.1 cm³/mol. The van der Waals surface area contributed by atoms with E-state index < -0.39 is 10.0 Å². The molecule has 16 heavy (non-hydrogen) atoms. The summed E-state index contributed by atoms with van der Waals surface area (Å²) in [5.74, 6) is 0. The Labute approximate surface area is 120 Å². The van der Waals surface area contributed by atoms with Gasteiger partial charge in [-0.3, -0.25) is 0 Å². The molecule has 0 radical (unpaired) electrons. The van der Waals surface area contributed by atoms with Crippen LogP contribution in [0.3, 0.4) is 0 Å². The van der Waals surface area contributed by atoms with Crippen LogP contribution in [-0.4, -0.2) is 30.6 Å². The molecule has 0 saturated carbocycles. The van der Waals surface area contributed by atoms with Crippen molar-refractivity contribution in [2.45, 2.75) is 15.5 Å². The molecule has 2 heterocycles. The van der Waals surface area contributed by atoms with Crippen molar-refractivity contribution >= 4 is 64.8 Å². The Morgan fingerprint density at radius 3 is 2.69 bits per heavy atom. The minimum absolute atomic E-state index is 0.251. The maximum atomic E-state index is 12.2. The fourth-order valence-corrected chi connectivity index (χ4v) is 6.29. The van der Waals surface area contributed by atoms with Crippen LogP contribution in [0.5, 0.6) is 0 Å². The lowest BCUT2D eigenvalue weighted by Crippen LogP contribution is -2.28. The highest BCUT2D eigenvalue weighted by molar-refractivity contribution is 9.11. The first-order valence-electron chi connectivity index (χ1n) is 4.50. The molecule has 1 fully saturated rings. The van der Waals surface area contributed by atoms with Gasteiger partial charge in [-0.1, -0.05) is 27.5 Å². The molecule has 1 aromatic rings. The van der Waals surface area contributed by atoms with E-state index in [4.69, 9.17) is 11.6 Å². The molecule has 2 rings (SSSR count). The van der Waals surface area contributed by atoms with Crippen LogP contribution in [0.25, 0.3) is 0 Å². The van der Waals surface area contributed by atoms with Gasteiger partial charge in [0.2, 0.25) is 0 Å². The van der Waals surface area contributed by atoms with E-state index in [0.29, 0.717) is 26.1 Å². The Morgan fingerprint density at radius 2 is 2.25 bits per heavy atom. The molecule has 1 atom stereocenters. The van der Waals surface area contributed by atoms with Crippen molar-refractivity contribution in [2.24, 2.45) is 0 Å². The summed E-state index contributed by atoms with van der Waals surface area (Å²) < 4.78 is 26.8. The number of alkyl halides is 1. The fourth-order valence-electron chi connectivity index (χ4n) is 1.49. The number of rotatable bonds is 2. The average Bonchev–Trinajstić information content (AvgIpc) is 2.75. The fraction of sp³-hybridized carbons (Fsp3) is 0.500. The normalized spacial score (nSPS) is 22.8. The maximum absolute atomic E-state index is 12.2. The third-order valence-electron chi connectivity index (χ3n) is 2.31. The number of hydrogen-bond donors (Lipinski definition) is 0. The predicted octanol–water partition coefficient (Wildman–Crippen LogP) is 3.32. The van der Waals surface area contributed by atoms with Crippen LogP contribution in [0.1, 0.15) is 6.42 Å². The lowest BCUT2D eigenvalue weighted by Gasteiger charge is -2.13. The van der Waals surface area contributed by atoms with Crippen molar-refractivity contribution in [3.05, 3.63) is 14.9 Å². The standard InChI is InChI=1S/C8H8Br2ClNO2S2/c9-5-1-2-12(4-5)16(13,14)7-3-6(11)8(10)15-7/h3,5H,1-2,4H2. The molecule has 0 N–H and O–H groups in total. The van der Waals surface area contributed by atoms with Crippen molar-refractivity contribution in [1.82, 2.24) is 4.31 Å². The van der Waals surface area contributed by atoms with Gasteiger partial charge in [0.05, 0.1) is 8.81 Å². The Balaban J connectivity index is 2.32. The molecule has 1 unspecified atom stereocenters. The summed E-state index contributed by atoms with van der Waals surface area (Å²) in [6.07, 6.45) is 0.847. The third kappa shape index (κ3) is 2.49. The molecule has 0 amide bonds. The van der Waals surface area contributed by atoms with Crippen molar-refractivity contribution in [3.63, 3.8) is 0 Å². The van der Waals surface area contributed by atoms with E-state index in [1.165, 1.54) is 10.4 Å². The Bertz CT molecular complexity index is 483. The monoisotopic (exact) mass is 407 g/mol.